The van der Waals surface area contributed by atoms with Crippen LogP contribution in [0.4, 0.5) is 11.4 Å². The fourth-order valence-corrected chi connectivity index (χ4v) is 0.943. The molecule has 0 atom stereocenters. The van der Waals surface area contributed by atoms with Gasteiger partial charge in [0.05, 0.1) is 18.0 Å². The van der Waals surface area contributed by atoms with Crippen molar-refractivity contribution in [2.75, 3.05) is 18.1 Å². The Bertz CT molecular complexity index is 284. The van der Waals surface area contributed by atoms with Crippen LogP contribution in [0.1, 0.15) is 13.8 Å². The van der Waals surface area contributed by atoms with Crippen molar-refractivity contribution < 1.29 is 4.74 Å². The second-order valence-electron chi connectivity index (χ2n) is 3.46. The molecule has 0 saturated heterocycles. The number of hydrogen-bond acceptors (Lipinski definition) is 3. The monoisotopic (exact) mass is 180 g/mol. The molecule has 0 amide bonds. The van der Waals surface area contributed by atoms with Crippen molar-refractivity contribution >= 4 is 11.4 Å². The van der Waals surface area contributed by atoms with Crippen molar-refractivity contribution in [1.82, 2.24) is 0 Å². The van der Waals surface area contributed by atoms with Crippen molar-refractivity contribution in [1.29, 1.82) is 0 Å². The zero-order chi connectivity index (χ0) is 9.84. The van der Waals surface area contributed by atoms with E-state index in [1.807, 2.05) is 12.1 Å². The summed E-state index contributed by atoms with van der Waals surface area (Å²) in [5, 5.41) is 0. The first-order chi connectivity index (χ1) is 6.11. The molecule has 0 radical (unpaired) electrons. The van der Waals surface area contributed by atoms with Crippen LogP contribution in [-0.4, -0.2) is 6.61 Å². The Labute approximate surface area is 78.7 Å². The van der Waals surface area contributed by atoms with Crippen LogP contribution in [0, 0.1) is 5.92 Å². The topological polar surface area (TPSA) is 61.3 Å². The molecule has 0 spiro atoms. The van der Waals surface area contributed by atoms with Crippen molar-refractivity contribution in [3.63, 3.8) is 0 Å². The van der Waals surface area contributed by atoms with Crippen LogP contribution in [0.3, 0.4) is 0 Å². The summed E-state index contributed by atoms with van der Waals surface area (Å²) in [5.41, 5.74) is 12.4. The molecule has 4 N–H and O–H groups in total. The molecular weight excluding hydrogens is 164 g/mol. The zero-order valence-electron chi connectivity index (χ0n) is 8.08. The Morgan fingerprint density at radius 3 is 2.62 bits per heavy atom. The average Bonchev–Trinajstić information content (AvgIpc) is 2.07. The average molecular weight is 180 g/mol. The molecular formula is C10H16N2O. The lowest BCUT2D eigenvalue weighted by molar-refractivity contribution is 0.272. The fraction of sp³-hybridized carbons (Fsp3) is 0.400. The minimum atomic E-state index is 0.487. The molecule has 0 bridgehead atoms. The predicted molar refractivity (Wildman–Crippen MR) is 55.6 cm³/mol. The highest BCUT2D eigenvalue weighted by Crippen LogP contribution is 2.26. The number of hydrogen-bond donors (Lipinski definition) is 2. The van der Waals surface area contributed by atoms with Crippen LogP contribution in [0.5, 0.6) is 5.75 Å². The van der Waals surface area contributed by atoms with E-state index in [1.165, 1.54) is 0 Å². The summed E-state index contributed by atoms with van der Waals surface area (Å²) < 4.78 is 5.47. The number of para-hydroxylation sites is 1. The Kier molecular flexibility index (Phi) is 3.01. The molecule has 1 aromatic carbocycles. The number of nitrogen functional groups attached to an aromatic ring is 2. The highest BCUT2D eigenvalue weighted by atomic mass is 16.5. The van der Waals surface area contributed by atoms with Crippen molar-refractivity contribution in [3.8, 4) is 5.75 Å². The highest BCUT2D eigenvalue weighted by molar-refractivity contribution is 5.70. The Hall–Kier alpha value is -1.38. The SMILES string of the molecule is CC(C)COc1cccc(N)c1N. The molecule has 3 heteroatoms. The molecule has 0 fully saturated rings. The summed E-state index contributed by atoms with van der Waals surface area (Å²) in [6, 6.07) is 5.42. The number of rotatable bonds is 3. The number of benzene rings is 1. The van der Waals surface area contributed by atoms with Gasteiger partial charge in [0.15, 0.2) is 0 Å². The van der Waals surface area contributed by atoms with Crippen molar-refractivity contribution in [2.24, 2.45) is 5.92 Å². The van der Waals surface area contributed by atoms with Gasteiger partial charge in [-0.1, -0.05) is 19.9 Å². The van der Waals surface area contributed by atoms with Gasteiger partial charge in [0, 0.05) is 0 Å². The van der Waals surface area contributed by atoms with Crippen LogP contribution < -0.4 is 16.2 Å². The van der Waals surface area contributed by atoms with E-state index in [0.29, 0.717) is 29.6 Å². The van der Waals surface area contributed by atoms with Gasteiger partial charge in [0.2, 0.25) is 0 Å². The molecule has 0 unspecified atom stereocenters. The van der Waals surface area contributed by atoms with E-state index in [1.54, 1.807) is 6.07 Å². The summed E-state index contributed by atoms with van der Waals surface area (Å²) in [7, 11) is 0. The van der Waals surface area contributed by atoms with E-state index in [9.17, 15) is 0 Å². The Morgan fingerprint density at radius 2 is 2.00 bits per heavy atom. The quantitative estimate of drug-likeness (QED) is 0.698. The smallest absolute Gasteiger partial charge is 0.144 e. The molecule has 0 aliphatic heterocycles. The first kappa shape index (κ1) is 9.71. The van der Waals surface area contributed by atoms with Crippen LogP contribution in [0.15, 0.2) is 18.2 Å². The molecule has 1 aromatic rings. The van der Waals surface area contributed by atoms with Gasteiger partial charge >= 0.3 is 0 Å². The largest absolute Gasteiger partial charge is 0.491 e. The van der Waals surface area contributed by atoms with Gasteiger partial charge in [-0.15, -0.1) is 0 Å². The van der Waals surface area contributed by atoms with Crippen molar-refractivity contribution in [3.05, 3.63) is 18.2 Å². The molecule has 0 heterocycles. The third-order valence-electron chi connectivity index (χ3n) is 1.67. The molecule has 72 valence electrons. The third kappa shape index (κ3) is 2.54. The number of nitrogens with two attached hydrogens (primary N) is 2. The molecule has 0 aliphatic carbocycles. The molecule has 3 nitrogen and oxygen atoms in total. The highest BCUT2D eigenvalue weighted by Gasteiger charge is 2.03. The summed E-state index contributed by atoms with van der Waals surface area (Å²) >= 11 is 0. The van der Waals surface area contributed by atoms with Crippen LogP contribution in [0.2, 0.25) is 0 Å². The van der Waals surface area contributed by atoms with E-state index in [4.69, 9.17) is 16.2 Å². The molecule has 1 rings (SSSR count). The normalized spacial score (nSPS) is 10.4. The summed E-state index contributed by atoms with van der Waals surface area (Å²) in [4.78, 5) is 0. The number of ether oxygens (including phenoxy) is 1. The predicted octanol–water partition coefficient (Wildman–Crippen LogP) is 1.89. The number of anilines is 2. The van der Waals surface area contributed by atoms with Crippen LogP contribution in [-0.2, 0) is 0 Å². The van der Waals surface area contributed by atoms with E-state index in [2.05, 4.69) is 13.8 Å². The second kappa shape index (κ2) is 4.03. The van der Waals surface area contributed by atoms with Gasteiger partial charge in [-0.05, 0) is 18.1 Å². The van der Waals surface area contributed by atoms with E-state index in [0.717, 1.165) is 0 Å². The van der Waals surface area contributed by atoms with Gasteiger partial charge in [0.25, 0.3) is 0 Å². The third-order valence-corrected chi connectivity index (χ3v) is 1.67. The van der Waals surface area contributed by atoms with Gasteiger partial charge in [-0.3, -0.25) is 0 Å². The molecule has 13 heavy (non-hydrogen) atoms. The van der Waals surface area contributed by atoms with E-state index >= 15 is 0 Å². The van der Waals surface area contributed by atoms with Gasteiger partial charge in [0.1, 0.15) is 5.75 Å². The fourth-order valence-electron chi connectivity index (χ4n) is 0.943. The zero-order valence-corrected chi connectivity index (χ0v) is 8.08. The maximum absolute atomic E-state index is 5.72. The lowest BCUT2D eigenvalue weighted by Gasteiger charge is -2.11. The summed E-state index contributed by atoms with van der Waals surface area (Å²) in [5.74, 6) is 1.16. The van der Waals surface area contributed by atoms with Crippen LogP contribution >= 0.6 is 0 Å². The molecule has 0 aromatic heterocycles. The van der Waals surface area contributed by atoms with Gasteiger partial charge < -0.3 is 16.2 Å². The second-order valence-corrected chi connectivity index (χ2v) is 3.46. The minimum Gasteiger partial charge on any atom is -0.491 e. The van der Waals surface area contributed by atoms with E-state index in [-0.39, 0.29) is 0 Å². The van der Waals surface area contributed by atoms with E-state index < -0.39 is 0 Å². The summed E-state index contributed by atoms with van der Waals surface area (Å²) in [6.45, 7) is 4.83. The first-order valence-corrected chi connectivity index (χ1v) is 4.38. The molecule has 0 aliphatic rings. The minimum absolute atomic E-state index is 0.487. The maximum atomic E-state index is 5.72. The van der Waals surface area contributed by atoms with Crippen molar-refractivity contribution in [2.45, 2.75) is 13.8 Å². The van der Waals surface area contributed by atoms with Gasteiger partial charge in [-0.2, -0.15) is 0 Å². The maximum Gasteiger partial charge on any atom is 0.144 e. The first-order valence-electron chi connectivity index (χ1n) is 4.38. The summed E-state index contributed by atoms with van der Waals surface area (Å²) in [6.07, 6.45) is 0. The molecule has 0 saturated carbocycles. The lowest BCUT2D eigenvalue weighted by atomic mass is 10.2. The standard InChI is InChI=1S/C10H16N2O/c1-7(2)6-13-9-5-3-4-8(11)10(9)12/h3-5,7H,6,11-12H2,1-2H3. The Morgan fingerprint density at radius 1 is 1.31 bits per heavy atom. The Balaban J connectivity index is 2.71. The van der Waals surface area contributed by atoms with Gasteiger partial charge in [-0.25, -0.2) is 0 Å². The lowest BCUT2D eigenvalue weighted by Crippen LogP contribution is -2.07. The van der Waals surface area contributed by atoms with Crippen LogP contribution in [0.25, 0.3) is 0 Å².